The summed E-state index contributed by atoms with van der Waals surface area (Å²) in [6, 6.07) is 7.70. The van der Waals surface area contributed by atoms with E-state index in [2.05, 4.69) is 27.7 Å². The van der Waals surface area contributed by atoms with E-state index in [1.807, 2.05) is 0 Å². The van der Waals surface area contributed by atoms with Crippen LogP contribution in [0.4, 0.5) is 0 Å². The van der Waals surface area contributed by atoms with Crippen molar-refractivity contribution in [2.24, 2.45) is 0 Å². The van der Waals surface area contributed by atoms with Gasteiger partial charge in [0.05, 0.1) is 5.30 Å². The summed E-state index contributed by atoms with van der Waals surface area (Å²) in [6.45, 7) is 9.44. The minimum atomic E-state index is -4.02. The van der Waals surface area contributed by atoms with Gasteiger partial charge in [0.15, 0.2) is 0 Å². The summed E-state index contributed by atoms with van der Waals surface area (Å²) >= 11 is 0. The fraction of sp³-hybridized carbons (Fsp3) is 0.727. The fourth-order valence-corrected chi connectivity index (χ4v) is 10.1. The van der Waals surface area contributed by atoms with Gasteiger partial charge in [-0.2, -0.15) is 0 Å². The maximum absolute atomic E-state index is 10.5. The van der Waals surface area contributed by atoms with E-state index >= 15 is 0 Å². The number of unbranched alkanes of at least 4 members (excludes halogenated alkanes) is 4. The molecule has 0 aliphatic carbocycles. The van der Waals surface area contributed by atoms with Crippen LogP contribution in [0.3, 0.4) is 0 Å². The van der Waals surface area contributed by atoms with Crippen LogP contribution in [0.1, 0.15) is 79.1 Å². The molecule has 0 unspecified atom stereocenters. The van der Waals surface area contributed by atoms with Gasteiger partial charge < -0.3 is 9.79 Å². The SMILES string of the molecule is CCCC[PH](CCCC)(CCCC)CCCC.O=P(O)(O)c1ccccc1. The molecule has 0 atom stereocenters. The van der Waals surface area contributed by atoms with E-state index in [-0.39, 0.29) is 5.30 Å². The van der Waals surface area contributed by atoms with E-state index in [1.165, 1.54) is 63.5 Å². The summed E-state index contributed by atoms with van der Waals surface area (Å²) in [7, 11) is -4.90. The molecule has 1 rings (SSSR count). The number of benzene rings is 1. The van der Waals surface area contributed by atoms with Crippen LogP contribution < -0.4 is 5.30 Å². The van der Waals surface area contributed by atoms with Crippen LogP contribution in [0.15, 0.2) is 30.3 Å². The normalized spacial score (nSPS) is 12.4. The van der Waals surface area contributed by atoms with Crippen LogP contribution in [-0.2, 0) is 4.57 Å². The molecular formula is C22H44O3P2. The van der Waals surface area contributed by atoms with Crippen molar-refractivity contribution in [1.29, 1.82) is 0 Å². The number of hydrogen-bond donors (Lipinski definition) is 2. The number of rotatable bonds is 13. The largest absolute Gasteiger partial charge is 0.356 e. The Morgan fingerprint density at radius 1 is 0.704 bits per heavy atom. The molecule has 0 aliphatic rings. The molecule has 0 saturated heterocycles. The van der Waals surface area contributed by atoms with E-state index in [9.17, 15) is 4.57 Å². The molecule has 1 aromatic carbocycles. The monoisotopic (exact) mass is 418 g/mol. The Balaban J connectivity index is 0.000000569. The molecular weight excluding hydrogens is 374 g/mol. The van der Waals surface area contributed by atoms with Crippen molar-refractivity contribution in [2.45, 2.75) is 79.1 Å². The first-order chi connectivity index (χ1) is 12.8. The van der Waals surface area contributed by atoms with E-state index in [0.29, 0.717) is 0 Å². The molecule has 1 aromatic rings. The number of hydrogen-bond acceptors (Lipinski definition) is 1. The Hall–Kier alpha value is -0.200. The Bertz CT molecular complexity index is 462. The maximum Gasteiger partial charge on any atom is 0.356 e. The van der Waals surface area contributed by atoms with E-state index in [4.69, 9.17) is 9.79 Å². The van der Waals surface area contributed by atoms with E-state index < -0.39 is 14.9 Å². The van der Waals surface area contributed by atoms with Crippen molar-refractivity contribution in [2.75, 3.05) is 24.6 Å². The second-order valence-corrected chi connectivity index (χ2v) is 14.4. The fourth-order valence-electron chi connectivity index (χ4n) is 3.58. The molecule has 0 radical (unpaired) electrons. The molecule has 0 saturated carbocycles. The minimum absolute atomic E-state index is 0.0648. The van der Waals surface area contributed by atoms with E-state index in [0.717, 1.165) is 0 Å². The third-order valence-electron chi connectivity index (χ3n) is 5.34. The van der Waals surface area contributed by atoms with Crippen molar-refractivity contribution in [3.63, 3.8) is 0 Å². The molecule has 0 amide bonds. The van der Waals surface area contributed by atoms with Gasteiger partial charge in [-0.15, -0.1) is 0 Å². The maximum atomic E-state index is 10.5. The Morgan fingerprint density at radius 2 is 1.04 bits per heavy atom. The second-order valence-electron chi connectivity index (χ2n) is 7.79. The van der Waals surface area contributed by atoms with Crippen LogP contribution in [0.25, 0.3) is 0 Å². The quantitative estimate of drug-likeness (QED) is 0.363. The van der Waals surface area contributed by atoms with Gasteiger partial charge in [0.2, 0.25) is 0 Å². The van der Waals surface area contributed by atoms with Gasteiger partial charge in [0, 0.05) is 0 Å². The summed E-state index contributed by atoms with van der Waals surface area (Å²) in [5.74, 6) is 0. The van der Waals surface area contributed by atoms with Gasteiger partial charge in [0.1, 0.15) is 0 Å². The van der Waals surface area contributed by atoms with E-state index in [1.54, 1.807) is 42.8 Å². The standard InChI is InChI=1S/C16H37P.C6H7O3P/c1-5-9-13-17(14-10-6-2,15-11-7-3)16-12-8-4;7-10(8,9)6-4-2-1-3-5-6/h17H,5-16H2,1-4H3;1-5H,(H2,7,8,9). The summed E-state index contributed by atoms with van der Waals surface area (Å²) in [4.78, 5) is 17.2. The molecule has 0 bridgehead atoms. The molecule has 0 aromatic heterocycles. The topological polar surface area (TPSA) is 57.5 Å². The third kappa shape index (κ3) is 12.8. The summed E-state index contributed by atoms with van der Waals surface area (Å²) in [6.07, 6.45) is 18.1. The molecule has 5 heteroatoms. The predicted molar refractivity (Wildman–Crippen MR) is 126 cm³/mol. The molecule has 160 valence electrons. The first kappa shape index (κ1) is 26.8. The van der Waals surface area contributed by atoms with Gasteiger partial charge in [0.25, 0.3) is 0 Å². The van der Waals surface area contributed by atoms with Gasteiger partial charge in [-0.3, -0.25) is 4.57 Å². The van der Waals surface area contributed by atoms with Crippen molar-refractivity contribution in [1.82, 2.24) is 0 Å². The smallest absolute Gasteiger partial charge is 0.321 e. The molecule has 0 heterocycles. The zero-order valence-corrected chi connectivity index (χ0v) is 20.0. The Kier molecular flexibility index (Phi) is 15.6. The van der Waals surface area contributed by atoms with Gasteiger partial charge >= 0.3 is 119 Å². The minimum Gasteiger partial charge on any atom is -0.321 e. The third-order valence-corrected chi connectivity index (χ3v) is 12.0. The van der Waals surface area contributed by atoms with Crippen molar-refractivity contribution < 1.29 is 14.4 Å². The van der Waals surface area contributed by atoms with Crippen molar-refractivity contribution >= 4 is 20.2 Å². The average molecular weight is 419 g/mol. The molecule has 0 spiro atoms. The van der Waals surface area contributed by atoms with Crippen LogP contribution >= 0.6 is 14.9 Å². The zero-order chi connectivity index (χ0) is 20.6. The van der Waals surface area contributed by atoms with Crippen molar-refractivity contribution in [3.8, 4) is 0 Å². The summed E-state index contributed by atoms with van der Waals surface area (Å²) < 4.78 is 10.5. The summed E-state index contributed by atoms with van der Waals surface area (Å²) in [5.41, 5.74) is 0. The van der Waals surface area contributed by atoms with Crippen LogP contribution in [0.5, 0.6) is 0 Å². The first-order valence-corrected chi connectivity index (χ1v) is 15.4. The predicted octanol–water partition coefficient (Wildman–Crippen LogP) is 6.43. The van der Waals surface area contributed by atoms with Gasteiger partial charge in [-0.05, 0) is 12.1 Å². The molecule has 0 aliphatic heterocycles. The molecule has 27 heavy (non-hydrogen) atoms. The van der Waals surface area contributed by atoms with Crippen LogP contribution in [-0.4, -0.2) is 34.4 Å². The Labute approximate surface area is 168 Å². The summed E-state index contributed by atoms with van der Waals surface area (Å²) in [5, 5.41) is 0.0648. The van der Waals surface area contributed by atoms with Crippen LogP contribution in [0, 0.1) is 0 Å². The average Bonchev–Trinajstić information content (AvgIpc) is 2.67. The van der Waals surface area contributed by atoms with Crippen molar-refractivity contribution in [3.05, 3.63) is 30.3 Å². The van der Waals surface area contributed by atoms with Gasteiger partial charge in [-0.1, -0.05) is 18.2 Å². The molecule has 3 nitrogen and oxygen atoms in total. The Morgan fingerprint density at radius 3 is 1.26 bits per heavy atom. The molecule has 2 N–H and O–H groups in total. The second kappa shape index (κ2) is 15.7. The van der Waals surface area contributed by atoms with Crippen LogP contribution in [0.2, 0.25) is 0 Å². The first-order valence-electron chi connectivity index (χ1n) is 11.0. The molecule has 0 fully saturated rings. The van der Waals surface area contributed by atoms with Gasteiger partial charge in [-0.25, -0.2) is 0 Å². The zero-order valence-electron chi connectivity index (χ0n) is 18.1.